The van der Waals surface area contributed by atoms with Gasteiger partial charge in [0.15, 0.2) is 0 Å². The average molecular weight is 395 g/mol. The first-order chi connectivity index (χ1) is 14.0. The molecule has 3 heterocycles. The molecule has 2 aliphatic rings. The van der Waals surface area contributed by atoms with Gasteiger partial charge in [-0.25, -0.2) is 0 Å². The van der Waals surface area contributed by atoms with Crippen LogP contribution >= 0.6 is 0 Å². The lowest BCUT2D eigenvalue weighted by atomic mass is 10.1. The first-order valence-corrected chi connectivity index (χ1v) is 10.0. The van der Waals surface area contributed by atoms with Crippen molar-refractivity contribution in [3.8, 4) is 0 Å². The first kappa shape index (κ1) is 19.2. The second-order valence-corrected chi connectivity index (χ2v) is 7.60. The quantitative estimate of drug-likeness (QED) is 0.843. The topological polar surface area (TPSA) is 82.9 Å². The van der Waals surface area contributed by atoms with E-state index in [1.54, 1.807) is 9.80 Å². The Kier molecular flexibility index (Phi) is 5.13. The molecule has 29 heavy (non-hydrogen) atoms. The summed E-state index contributed by atoms with van der Waals surface area (Å²) >= 11 is 0. The molecule has 3 amide bonds. The molecule has 0 radical (unpaired) electrons. The minimum absolute atomic E-state index is 0.0570. The number of benzene rings is 1. The van der Waals surface area contributed by atoms with Crippen LogP contribution in [0.15, 0.2) is 34.7 Å². The Balaban J connectivity index is 1.42. The van der Waals surface area contributed by atoms with E-state index in [1.807, 2.05) is 44.2 Å². The summed E-state index contributed by atoms with van der Waals surface area (Å²) in [6.07, 6.45) is 1.45. The third-order valence-corrected chi connectivity index (χ3v) is 5.60. The molecule has 1 N–H and O–H groups in total. The van der Waals surface area contributed by atoms with Crippen molar-refractivity contribution < 1.29 is 18.8 Å². The number of fused-ring (bicyclic) bond motifs is 1. The Labute approximate surface area is 169 Å². The van der Waals surface area contributed by atoms with Gasteiger partial charge in [0.05, 0.1) is 12.5 Å². The number of carbonyl (C=O) groups excluding carboxylic acids is 3. The molecule has 1 fully saturated rings. The van der Waals surface area contributed by atoms with Crippen molar-refractivity contribution in [3.05, 3.63) is 47.4 Å². The Bertz CT molecular complexity index is 965. The predicted octanol–water partition coefficient (Wildman–Crippen LogP) is 2.56. The molecule has 0 bridgehead atoms. The van der Waals surface area contributed by atoms with Crippen LogP contribution in [0.3, 0.4) is 0 Å². The smallest absolute Gasteiger partial charge is 0.227 e. The van der Waals surface area contributed by atoms with Crippen molar-refractivity contribution in [2.75, 3.05) is 22.9 Å². The molecule has 152 valence electrons. The molecular formula is C22H25N3O4. The normalized spacial score (nSPS) is 18.3. The van der Waals surface area contributed by atoms with Gasteiger partial charge in [-0.1, -0.05) is 6.92 Å². The number of carbonyl (C=O) groups is 3. The summed E-state index contributed by atoms with van der Waals surface area (Å²) < 4.78 is 5.46. The third kappa shape index (κ3) is 3.77. The number of amides is 3. The minimum Gasteiger partial charge on any atom is -0.465 e. The maximum atomic E-state index is 12.5. The molecule has 2 aromatic rings. The van der Waals surface area contributed by atoms with Crippen molar-refractivity contribution in [3.63, 3.8) is 0 Å². The lowest BCUT2D eigenvalue weighted by molar-refractivity contribution is -0.126. The van der Waals surface area contributed by atoms with E-state index in [4.69, 9.17) is 4.42 Å². The van der Waals surface area contributed by atoms with E-state index in [0.717, 1.165) is 29.1 Å². The number of rotatable bonds is 5. The molecule has 0 spiro atoms. The van der Waals surface area contributed by atoms with Crippen LogP contribution in [0.5, 0.6) is 0 Å². The van der Waals surface area contributed by atoms with Crippen molar-refractivity contribution in [2.45, 2.75) is 39.7 Å². The molecule has 1 atom stereocenters. The van der Waals surface area contributed by atoms with E-state index in [2.05, 4.69) is 5.32 Å². The Morgan fingerprint density at radius 2 is 2.07 bits per heavy atom. The van der Waals surface area contributed by atoms with Gasteiger partial charge in [-0.05, 0) is 49.2 Å². The highest BCUT2D eigenvalue weighted by molar-refractivity contribution is 6.01. The lowest BCUT2D eigenvalue weighted by Gasteiger charge is -2.20. The van der Waals surface area contributed by atoms with E-state index < -0.39 is 0 Å². The number of aryl methyl sites for hydroxylation is 1. The summed E-state index contributed by atoms with van der Waals surface area (Å²) in [6, 6.07) is 9.43. The molecule has 1 saturated heterocycles. The lowest BCUT2D eigenvalue weighted by Crippen LogP contribution is -2.32. The molecule has 7 nitrogen and oxygen atoms in total. The second kappa shape index (κ2) is 7.73. The number of hydrogen-bond acceptors (Lipinski definition) is 4. The van der Waals surface area contributed by atoms with Gasteiger partial charge in [0.2, 0.25) is 17.7 Å². The molecule has 2 aliphatic heterocycles. The van der Waals surface area contributed by atoms with Crippen molar-refractivity contribution in [1.82, 2.24) is 5.32 Å². The van der Waals surface area contributed by atoms with Crippen LogP contribution in [0, 0.1) is 12.8 Å². The van der Waals surface area contributed by atoms with Crippen molar-refractivity contribution >= 4 is 29.1 Å². The monoisotopic (exact) mass is 395 g/mol. The van der Waals surface area contributed by atoms with Crippen LogP contribution in [-0.2, 0) is 27.3 Å². The highest BCUT2D eigenvalue weighted by Gasteiger charge is 2.36. The second-order valence-electron chi connectivity index (χ2n) is 7.60. The molecule has 1 aromatic carbocycles. The zero-order valence-electron chi connectivity index (χ0n) is 16.7. The predicted molar refractivity (Wildman–Crippen MR) is 109 cm³/mol. The average Bonchev–Trinajstić information content (AvgIpc) is 3.43. The summed E-state index contributed by atoms with van der Waals surface area (Å²) in [4.78, 5) is 40.6. The Morgan fingerprint density at radius 1 is 1.24 bits per heavy atom. The molecule has 0 aliphatic carbocycles. The zero-order chi connectivity index (χ0) is 20.5. The van der Waals surface area contributed by atoms with Crippen LogP contribution in [0.1, 0.15) is 36.8 Å². The summed E-state index contributed by atoms with van der Waals surface area (Å²) in [7, 11) is 0. The summed E-state index contributed by atoms with van der Waals surface area (Å²) in [5.41, 5.74) is 2.78. The highest BCUT2D eigenvalue weighted by atomic mass is 16.3. The Morgan fingerprint density at radius 3 is 2.79 bits per heavy atom. The molecule has 1 unspecified atom stereocenters. The fourth-order valence-corrected chi connectivity index (χ4v) is 4.04. The molecule has 1 aromatic heterocycles. The van der Waals surface area contributed by atoms with Gasteiger partial charge in [0, 0.05) is 37.3 Å². The highest BCUT2D eigenvalue weighted by Crippen LogP contribution is 2.34. The number of nitrogens with one attached hydrogen (secondary N) is 1. The fraction of sp³-hybridized carbons (Fsp3) is 0.409. The van der Waals surface area contributed by atoms with Gasteiger partial charge >= 0.3 is 0 Å². The third-order valence-electron chi connectivity index (χ3n) is 5.60. The standard InChI is InChI=1S/C22H25N3O4/c1-3-20(26)24-9-8-15-10-17(5-7-19(15)24)25-13-16(11-21(25)27)22(28)23-12-18-6-4-14(2)29-18/h4-7,10,16H,3,8-9,11-13H2,1-2H3,(H,23,28). The van der Waals surface area contributed by atoms with Crippen molar-refractivity contribution in [1.29, 1.82) is 0 Å². The van der Waals surface area contributed by atoms with Crippen molar-refractivity contribution in [2.24, 2.45) is 5.92 Å². The van der Waals surface area contributed by atoms with E-state index in [9.17, 15) is 14.4 Å². The van der Waals surface area contributed by atoms with E-state index >= 15 is 0 Å². The van der Waals surface area contributed by atoms with Gasteiger partial charge in [0.25, 0.3) is 0 Å². The number of nitrogens with zero attached hydrogens (tertiary/aromatic N) is 2. The number of anilines is 2. The maximum absolute atomic E-state index is 12.5. The number of furan rings is 1. The summed E-state index contributed by atoms with van der Waals surface area (Å²) in [5.74, 6) is 1.02. The van der Waals surface area contributed by atoms with Gasteiger partial charge in [0.1, 0.15) is 11.5 Å². The van der Waals surface area contributed by atoms with E-state index in [1.165, 1.54) is 0 Å². The largest absolute Gasteiger partial charge is 0.465 e. The zero-order valence-corrected chi connectivity index (χ0v) is 16.7. The minimum atomic E-state index is -0.384. The van der Waals surface area contributed by atoms with Gasteiger partial charge in [-0.3, -0.25) is 14.4 Å². The van der Waals surface area contributed by atoms with E-state index in [0.29, 0.717) is 31.8 Å². The summed E-state index contributed by atoms with van der Waals surface area (Å²) in [6.45, 7) is 5.06. The van der Waals surface area contributed by atoms with Crippen LogP contribution in [0.4, 0.5) is 11.4 Å². The first-order valence-electron chi connectivity index (χ1n) is 10.0. The summed E-state index contributed by atoms with van der Waals surface area (Å²) in [5, 5.41) is 2.86. The molecular weight excluding hydrogens is 370 g/mol. The van der Waals surface area contributed by atoms with Crippen LogP contribution < -0.4 is 15.1 Å². The number of hydrogen-bond donors (Lipinski definition) is 1. The van der Waals surface area contributed by atoms with Crippen LogP contribution in [0.25, 0.3) is 0 Å². The molecule has 0 saturated carbocycles. The molecule has 4 rings (SSSR count). The maximum Gasteiger partial charge on any atom is 0.227 e. The van der Waals surface area contributed by atoms with Crippen LogP contribution in [-0.4, -0.2) is 30.8 Å². The fourth-order valence-electron chi connectivity index (χ4n) is 4.04. The molecule has 7 heteroatoms. The Hall–Kier alpha value is -3.09. The van der Waals surface area contributed by atoms with Gasteiger partial charge in [-0.2, -0.15) is 0 Å². The van der Waals surface area contributed by atoms with Crippen LogP contribution in [0.2, 0.25) is 0 Å². The van der Waals surface area contributed by atoms with Gasteiger partial charge < -0.3 is 19.5 Å². The van der Waals surface area contributed by atoms with E-state index in [-0.39, 0.29) is 30.1 Å². The SMILES string of the molecule is CCC(=O)N1CCc2cc(N3CC(C(=O)NCc4ccc(C)o4)CC3=O)ccc21. The van der Waals surface area contributed by atoms with Gasteiger partial charge in [-0.15, -0.1) is 0 Å².